The van der Waals surface area contributed by atoms with Gasteiger partial charge in [-0.15, -0.1) is 0 Å². The summed E-state index contributed by atoms with van der Waals surface area (Å²) in [6.07, 6.45) is 2.59. The van der Waals surface area contributed by atoms with E-state index in [1.165, 1.54) is 31.5 Å². The van der Waals surface area contributed by atoms with E-state index < -0.39 is 5.60 Å². The molecule has 5 heteroatoms. The standard InChI is InChI=1S/C30H35NO4/c1-30(2)29(22-7-6-8-25(19-22)33-3)28(26-14-11-23(32)20-27(26)35-30)21-9-12-24(13-10-21)34-18-17-31-15-4-5-16-31/h6-14,19-20,28-29,32H,4-5,15-18H2,1-3H3/t28-,29+/m0/s1. The van der Waals surface area contributed by atoms with Crippen LogP contribution in [0.1, 0.15) is 55.2 Å². The van der Waals surface area contributed by atoms with Gasteiger partial charge in [-0.2, -0.15) is 0 Å². The Labute approximate surface area is 208 Å². The number of phenolic OH excluding ortho intramolecular Hbond substituents is 1. The molecule has 1 fully saturated rings. The molecule has 0 bridgehead atoms. The van der Waals surface area contributed by atoms with Crippen LogP contribution in [0.3, 0.4) is 0 Å². The van der Waals surface area contributed by atoms with Crippen LogP contribution in [0.15, 0.2) is 66.7 Å². The number of nitrogens with zero attached hydrogens (tertiary/aromatic N) is 1. The number of fused-ring (bicyclic) bond motifs is 1. The summed E-state index contributed by atoms with van der Waals surface area (Å²) >= 11 is 0. The number of methoxy groups -OCH3 is 1. The van der Waals surface area contributed by atoms with Crippen molar-refractivity contribution in [1.82, 2.24) is 4.90 Å². The monoisotopic (exact) mass is 473 g/mol. The van der Waals surface area contributed by atoms with Gasteiger partial charge in [-0.1, -0.05) is 30.3 Å². The van der Waals surface area contributed by atoms with Crippen molar-refractivity contribution < 1.29 is 19.3 Å². The van der Waals surface area contributed by atoms with E-state index >= 15 is 0 Å². The molecule has 2 aliphatic rings. The second kappa shape index (κ2) is 9.82. The summed E-state index contributed by atoms with van der Waals surface area (Å²) in [5.74, 6) is 2.74. The van der Waals surface area contributed by atoms with Crippen molar-refractivity contribution in [3.8, 4) is 23.0 Å². The second-order valence-electron chi connectivity index (χ2n) is 10.1. The number of hydrogen-bond donors (Lipinski definition) is 1. The molecule has 0 saturated carbocycles. The first-order valence-corrected chi connectivity index (χ1v) is 12.6. The lowest BCUT2D eigenvalue weighted by Crippen LogP contribution is -2.43. The molecule has 2 aliphatic heterocycles. The van der Waals surface area contributed by atoms with Gasteiger partial charge in [0.15, 0.2) is 0 Å². The lowest BCUT2D eigenvalue weighted by atomic mass is 9.68. The van der Waals surface area contributed by atoms with E-state index in [9.17, 15) is 5.11 Å². The predicted molar refractivity (Wildman–Crippen MR) is 138 cm³/mol. The lowest BCUT2D eigenvalue weighted by Gasteiger charge is -2.45. The predicted octanol–water partition coefficient (Wildman–Crippen LogP) is 5.96. The third-order valence-corrected chi connectivity index (χ3v) is 7.35. The molecule has 3 aromatic rings. The Kier molecular flexibility index (Phi) is 6.61. The summed E-state index contributed by atoms with van der Waals surface area (Å²) in [6.45, 7) is 8.29. The van der Waals surface area contributed by atoms with Crippen molar-refractivity contribution in [2.45, 2.75) is 44.1 Å². The molecule has 0 amide bonds. The molecular formula is C30H35NO4. The topological polar surface area (TPSA) is 51.2 Å². The third kappa shape index (κ3) is 4.96. The molecule has 184 valence electrons. The van der Waals surface area contributed by atoms with E-state index in [0.717, 1.165) is 34.9 Å². The van der Waals surface area contributed by atoms with E-state index in [-0.39, 0.29) is 17.6 Å². The fraction of sp³-hybridized carbons (Fsp3) is 0.400. The average molecular weight is 474 g/mol. The number of ether oxygens (including phenoxy) is 3. The normalized spacial score (nSPS) is 21.2. The van der Waals surface area contributed by atoms with E-state index in [1.807, 2.05) is 18.2 Å². The summed E-state index contributed by atoms with van der Waals surface area (Å²) in [5.41, 5.74) is 2.90. The Morgan fingerprint density at radius 1 is 0.943 bits per heavy atom. The number of aromatic hydroxyl groups is 1. The highest BCUT2D eigenvalue weighted by atomic mass is 16.5. The molecule has 0 aliphatic carbocycles. The highest BCUT2D eigenvalue weighted by molar-refractivity contribution is 5.53. The lowest BCUT2D eigenvalue weighted by molar-refractivity contribution is 0.0527. The van der Waals surface area contributed by atoms with E-state index in [4.69, 9.17) is 14.2 Å². The van der Waals surface area contributed by atoms with E-state index in [2.05, 4.69) is 55.1 Å². The number of rotatable bonds is 7. The first-order valence-electron chi connectivity index (χ1n) is 12.6. The highest BCUT2D eigenvalue weighted by Gasteiger charge is 2.45. The number of likely N-dealkylation sites (tertiary alicyclic amines) is 1. The van der Waals surface area contributed by atoms with E-state index in [1.54, 1.807) is 19.2 Å². The first kappa shape index (κ1) is 23.6. The summed E-state index contributed by atoms with van der Waals surface area (Å²) in [4.78, 5) is 2.46. The molecule has 0 spiro atoms. The zero-order chi connectivity index (χ0) is 24.4. The van der Waals surface area contributed by atoms with Gasteiger partial charge >= 0.3 is 0 Å². The second-order valence-corrected chi connectivity index (χ2v) is 10.1. The molecule has 2 atom stereocenters. The fourth-order valence-corrected chi connectivity index (χ4v) is 5.67. The third-order valence-electron chi connectivity index (χ3n) is 7.35. The van der Waals surface area contributed by atoms with Gasteiger partial charge < -0.3 is 19.3 Å². The van der Waals surface area contributed by atoms with Gasteiger partial charge in [0, 0.05) is 30.0 Å². The zero-order valence-electron chi connectivity index (χ0n) is 20.9. The van der Waals surface area contributed by atoms with Crippen LogP contribution in [0.4, 0.5) is 0 Å². The van der Waals surface area contributed by atoms with Crippen LogP contribution >= 0.6 is 0 Å². The van der Waals surface area contributed by atoms with Gasteiger partial charge in [0.2, 0.25) is 0 Å². The summed E-state index contributed by atoms with van der Waals surface area (Å²) in [5, 5.41) is 10.1. The first-order chi connectivity index (χ1) is 16.9. The highest BCUT2D eigenvalue weighted by Crippen LogP contribution is 2.53. The maximum absolute atomic E-state index is 10.1. The van der Waals surface area contributed by atoms with Crippen LogP contribution in [0.5, 0.6) is 23.0 Å². The van der Waals surface area contributed by atoms with Crippen LogP contribution in [0, 0.1) is 0 Å². The molecular weight excluding hydrogens is 438 g/mol. The van der Waals surface area contributed by atoms with Gasteiger partial charge in [-0.3, -0.25) is 4.90 Å². The zero-order valence-corrected chi connectivity index (χ0v) is 20.9. The van der Waals surface area contributed by atoms with Gasteiger partial charge in [0.1, 0.15) is 35.2 Å². The van der Waals surface area contributed by atoms with Gasteiger partial charge in [-0.05, 0) is 81.2 Å². The molecule has 1 saturated heterocycles. The molecule has 0 unspecified atom stereocenters. The minimum absolute atomic E-state index is 0.0385. The fourth-order valence-electron chi connectivity index (χ4n) is 5.67. The number of hydrogen-bond acceptors (Lipinski definition) is 5. The van der Waals surface area contributed by atoms with Gasteiger partial charge in [-0.25, -0.2) is 0 Å². The molecule has 0 radical (unpaired) electrons. The van der Waals surface area contributed by atoms with E-state index in [0.29, 0.717) is 6.61 Å². The smallest absolute Gasteiger partial charge is 0.127 e. The SMILES string of the molecule is COc1cccc([C@@H]2[C@@H](c3ccc(OCCN4CCCC4)cc3)c3ccc(O)cc3OC2(C)C)c1. The number of benzene rings is 3. The molecule has 2 heterocycles. The molecule has 1 N–H and O–H groups in total. The Morgan fingerprint density at radius 3 is 2.46 bits per heavy atom. The van der Waals surface area contributed by atoms with Crippen molar-refractivity contribution in [3.05, 3.63) is 83.4 Å². The quantitative estimate of drug-likeness (QED) is 0.459. The van der Waals surface area contributed by atoms with Gasteiger partial charge in [0.05, 0.1) is 7.11 Å². The Bertz CT molecular complexity index is 1150. The van der Waals surface area contributed by atoms with Crippen LogP contribution in [0.2, 0.25) is 0 Å². The van der Waals surface area contributed by atoms with Crippen LogP contribution in [0.25, 0.3) is 0 Å². The Morgan fingerprint density at radius 2 is 1.71 bits per heavy atom. The average Bonchev–Trinajstić information content (AvgIpc) is 3.36. The molecule has 0 aromatic heterocycles. The summed E-state index contributed by atoms with van der Waals surface area (Å²) in [6, 6.07) is 22.2. The molecule has 35 heavy (non-hydrogen) atoms. The van der Waals surface area contributed by atoms with Crippen LogP contribution < -0.4 is 14.2 Å². The minimum Gasteiger partial charge on any atom is -0.508 e. The van der Waals surface area contributed by atoms with Crippen molar-refractivity contribution in [2.24, 2.45) is 0 Å². The molecule has 5 nitrogen and oxygen atoms in total. The molecule has 5 rings (SSSR count). The maximum Gasteiger partial charge on any atom is 0.127 e. The van der Waals surface area contributed by atoms with Crippen molar-refractivity contribution in [3.63, 3.8) is 0 Å². The van der Waals surface area contributed by atoms with Crippen molar-refractivity contribution >= 4 is 0 Å². The summed E-state index contributed by atoms with van der Waals surface area (Å²) < 4.78 is 18.1. The Hall–Kier alpha value is -3.18. The molecule has 3 aromatic carbocycles. The van der Waals surface area contributed by atoms with Crippen LogP contribution in [-0.2, 0) is 0 Å². The Balaban J connectivity index is 1.48. The van der Waals surface area contributed by atoms with Crippen LogP contribution in [-0.4, -0.2) is 49.0 Å². The maximum atomic E-state index is 10.1. The summed E-state index contributed by atoms with van der Waals surface area (Å²) in [7, 11) is 1.69. The largest absolute Gasteiger partial charge is 0.508 e. The van der Waals surface area contributed by atoms with Crippen molar-refractivity contribution in [1.29, 1.82) is 0 Å². The number of phenols is 1. The minimum atomic E-state index is -0.511. The van der Waals surface area contributed by atoms with Crippen molar-refractivity contribution in [2.75, 3.05) is 33.4 Å². The van der Waals surface area contributed by atoms with Gasteiger partial charge in [0.25, 0.3) is 0 Å².